The molecule has 1 aromatic carbocycles. The van der Waals surface area contributed by atoms with Gasteiger partial charge in [-0.25, -0.2) is 0 Å². The van der Waals surface area contributed by atoms with E-state index in [-0.39, 0.29) is 18.0 Å². The Morgan fingerprint density at radius 3 is 2.61 bits per heavy atom. The van der Waals surface area contributed by atoms with Gasteiger partial charge >= 0.3 is 5.97 Å². The van der Waals surface area contributed by atoms with Crippen molar-refractivity contribution < 1.29 is 19.0 Å². The molecule has 0 amide bonds. The van der Waals surface area contributed by atoms with Gasteiger partial charge in [0, 0.05) is 19.2 Å². The number of rotatable bonds is 8. The quantitative estimate of drug-likeness (QED) is 0.403. The number of carbonyl (C=O) groups is 1. The van der Waals surface area contributed by atoms with Crippen LogP contribution in [0, 0.1) is 5.92 Å². The molecule has 0 heterocycles. The van der Waals surface area contributed by atoms with E-state index in [1.165, 1.54) is 0 Å². The maximum atomic E-state index is 11.9. The lowest BCUT2D eigenvalue weighted by Crippen LogP contribution is -2.47. The molecule has 1 fully saturated rings. The Hall–Kier alpha value is -2.44. The smallest absolute Gasteiger partial charge is 0.308 e. The number of ether oxygens (including phenoxy) is 3. The Labute approximate surface area is 167 Å². The molecular formula is C21H33N3O4. The van der Waals surface area contributed by atoms with Crippen molar-refractivity contribution in [2.24, 2.45) is 10.9 Å². The van der Waals surface area contributed by atoms with Crippen LogP contribution in [0.25, 0.3) is 0 Å². The van der Waals surface area contributed by atoms with Crippen LogP contribution in [-0.4, -0.2) is 51.4 Å². The van der Waals surface area contributed by atoms with Crippen molar-refractivity contribution in [1.82, 2.24) is 10.6 Å². The number of guanidine groups is 1. The van der Waals surface area contributed by atoms with Crippen molar-refractivity contribution in [1.29, 1.82) is 0 Å². The van der Waals surface area contributed by atoms with Crippen molar-refractivity contribution in [2.45, 2.75) is 51.7 Å². The van der Waals surface area contributed by atoms with E-state index in [9.17, 15) is 4.79 Å². The van der Waals surface area contributed by atoms with Crippen LogP contribution in [0.4, 0.5) is 0 Å². The molecular weight excluding hydrogens is 358 g/mol. The molecule has 0 bridgehead atoms. The summed E-state index contributed by atoms with van der Waals surface area (Å²) in [5.41, 5.74) is 0. The Morgan fingerprint density at radius 2 is 1.96 bits per heavy atom. The first-order valence-corrected chi connectivity index (χ1v) is 10.00. The number of hydrogen-bond acceptors (Lipinski definition) is 5. The van der Waals surface area contributed by atoms with E-state index < -0.39 is 0 Å². The summed E-state index contributed by atoms with van der Waals surface area (Å²) < 4.78 is 16.3. The van der Waals surface area contributed by atoms with Crippen LogP contribution in [0.3, 0.4) is 0 Å². The van der Waals surface area contributed by atoms with Crippen LogP contribution in [0.1, 0.15) is 39.5 Å². The fourth-order valence-corrected chi connectivity index (χ4v) is 3.31. The number of hydrogen-bond donors (Lipinski definition) is 2. The highest BCUT2D eigenvalue weighted by atomic mass is 16.5. The molecule has 2 N–H and O–H groups in total. The topological polar surface area (TPSA) is 81.2 Å². The molecule has 156 valence electrons. The molecule has 0 spiro atoms. The van der Waals surface area contributed by atoms with Gasteiger partial charge in [-0.05, 0) is 51.7 Å². The van der Waals surface area contributed by atoms with Crippen LogP contribution >= 0.6 is 0 Å². The van der Waals surface area contributed by atoms with Crippen LogP contribution in [-0.2, 0) is 9.53 Å². The molecule has 1 aromatic rings. The fourth-order valence-electron chi connectivity index (χ4n) is 3.31. The lowest BCUT2D eigenvalue weighted by atomic mass is 9.86. The van der Waals surface area contributed by atoms with Crippen LogP contribution in [0.15, 0.2) is 29.3 Å². The number of methoxy groups -OCH3 is 1. The summed E-state index contributed by atoms with van der Waals surface area (Å²) in [4.78, 5) is 16.1. The highest BCUT2D eigenvalue weighted by Gasteiger charge is 2.27. The van der Waals surface area contributed by atoms with Crippen molar-refractivity contribution >= 4 is 11.9 Å². The lowest BCUT2D eigenvalue weighted by Gasteiger charge is -2.29. The summed E-state index contributed by atoms with van der Waals surface area (Å²) in [7, 11) is 3.40. The number of carbonyl (C=O) groups excluding carboxylic acids is 1. The van der Waals surface area contributed by atoms with E-state index >= 15 is 0 Å². The highest BCUT2D eigenvalue weighted by molar-refractivity contribution is 5.80. The minimum atomic E-state index is -0.0630. The molecule has 2 rings (SSSR count). The second kappa shape index (κ2) is 11.4. The SMILES string of the molecule is CCOC(=O)C1CCC(NC(=NC)NCC(C)Oc2cccc(OC)c2)CC1. The second-order valence-corrected chi connectivity index (χ2v) is 7.01. The lowest BCUT2D eigenvalue weighted by molar-refractivity contribution is -0.149. The van der Waals surface area contributed by atoms with E-state index in [0.29, 0.717) is 19.2 Å². The molecule has 0 aromatic heterocycles. The van der Waals surface area contributed by atoms with Crippen molar-refractivity contribution in [2.75, 3.05) is 27.3 Å². The van der Waals surface area contributed by atoms with Crippen LogP contribution < -0.4 is 20.1 Å². The van der Waals surface area contributed by atoms with Gasteiger partial charge in [0.05, 0.1) is 26.2 Å². The normalized spacial score (nSPS) is 20.8. The molecule has 1 atom stereocenters. The van der Waals surface area contributed by atoms with Crippen molar-refractivity contribution in [3.8, 4) is 11.5 Å². The van der Waals surface area contributed by atoms with Gasteiger partial charge in [0.25, 0.3) is 0 Å². The molecule has 7 heteroatoms. The van der Waals surface area contributed by atoms with Crippen LogP contribution in [0.2, 0.25) is 0 Å². The number of aliphatic imine (C=N–C) groups is 1. The first-order chi connectivity index (χ1) is 13.5. The zero-order valence-electron chi connectivity index (χ0n) is 17.4. The molecule has 0 saturated heterocycles. The third-order valence-corrected chi connectivity index (χ3v) is 4.85. The molecule has 0 aliphatic heterocycles. The summed E-state index contributed by atoms with van der Waals surface area (Å²) in [6.45, 7) is 4.92. The van der Waals surface area contributed by atoms with Gasteiger partial charge in [0.15, 0.2) is 5.96 Å². The molecule has 28 heavy (non-hydrogen) atoms. The maximum Gasteiger partial charge on any atom is 0.308 e. The first-order valence-electron chi connectivity index (χ1n) is 10.00. The number of nitrogens with zero attached hydrogens (tertiary/aromatic N) is 1. The number of benzene rings is 1. The average molecular weight is 392 g/mol. The van der Waals surface area contributed by atoms with E-state index in [2.05, 4.69) is 15.6 Å². The monoisotopic (exact) mass is 391 g/mol. The third kappa shape index (κ3) is 6.94. The van der Waals surface area contributed by atoms with E-state index in [1.54, 1.807) is 14.2 Å². The summed E-state index contributed by atoms with van der Waals surface area (Å²) in [5.74, 6) is 2.26. The Bertz CT molecular complexity index is 642. The molecule has 1 aliphatic carbocycles. The number of esters is 1. The predicted octanol–water partition coefficient (Wildman–Crippen LogP) is 2.75. The summed E-state index contributed by atoms with van der Waals surface area (Å²) >= 11 is 0. The van der Waals surface area contributed by atoms with Gasteiger partial charge in [-0.1, -0.05) is 6.07 Å². The van der Waals surface area contributed by atoms with E-state index in [1.807, 2.05) is 38.1 Å². The van der Waals surface area contributed by atoms with Crippen LogP contribution in [0.5, 0.6) is 11.5 Å². The zero-order valence-corrected chi connectivity index (χ0v) is 17.4. The molecule has 0 radical (unpaired) electrons. The largest absolute Gasteiger partial charge is 0.497 e. The van der Waals surface area contributed by atoms with Gasteiger partial charge in [-0.15, -0.1) is 0 Å². The van der Waals surface area contributed by atoms with Crippen molar-refractivity contribution in [3.63, 3.8) is 0 Å². The summed E-state index contributed by atoms with van der Waals surface area (Å²) in [6.07, 6.45) is 3.52. The zero-order chi connectivity index (χ0) is 20.4. The predicted molar refractivity (Wildman–Crippen MR) is 110 cm³/mol. The standard InChI is InChI=1S/C21H33N3O4/c1-5-27-20(25)16-9-11-17(12-10-16)24-21(22-3)23-14-15(2)28-19-8-6-7-18(13-19)26-4/h6-8,13,15-17H,5,9-12,14H2,1-4H3,(H2,22,23,24). The van der Waals surface area contributed by atoms with E-state index in [4.69, 9.17) is 14.2 Å². The number of nitrogens with one attached hydrogen (secondary N) is 2. The maximum absolute atomic E-state index is 11.9. The first kappa shape index (κ1) is 21.9. The molecule has 7 nitrogen and oxygen atoms in total. The fraction of sp³-hybridized carbons (Fsp3) is 0.619. The second-order valence-electron chi connectivity index (χ2n) is 7.01. The highest BCUT2D eigenvalue weighted by Crippen LogP contribution is 2.25. The van der Waals surface area contributed by atoms with E-state index in [0.717, 1.165) is 43.1 Å². The summed E-state index contributed by atoms with van der Waals surface area (Å²) in [6, 6.07) is 7.88. The summed E-state index contributed by atoms with van der Waals surface area (Å²) in [5, 5.41) is 6.76. The van der Waals surface area contributed by atoms with Gasteiger partial charge in [0.1, 0.15) is 17.6 Å². The van der Waals surface area contributed by atoms with Crippen molar-refractivity contribution in [3.05, 3.63) is 24.3 Å². The van der Waals surface area contributed by atoms with Gasteiger partial charge in [-0.2, -0.15) is 0 Å². The van der Waals surface area contributed by atoms with Gasteiger partial charge in [0.2, 0.25) is 0 Å². The van der Waals surface area contributed by atoms with Gasteiger partial charge in [-0.3, -0.25) is 9.79 Å². The Kier molecular flexibility index (Phi) is 8.91. The molecule has 1 unspecified atom stereocenters. The molecule has 1 aliphatic rings. The average Bonchev–Trinajstić information content (AvgIpc) is 2.71. The Balaban J connectivity index is 1.73. The minimum absolute atomic E-state index is 0.0317. The third-order valence-electron chi connectivity index (χ3n) is 4.85. The Morgan fingerprint density at radius 1 is 1.25 bits per heavy atom. The minimum Gasteiger partial charge on any atom is -0.497 e. The van der Waals surface area contributed by atoms with Gasteiger partial charge < -0.3 is 24.8 Å². The molecule has 1 saturated carbocycles.